The first kappa shape index (κ1) is 17.9. The molecular weight excluding hydrogens is 376 g/mol. The Kier molecular flexibility index (Phi) is 4.17. The Labute approximate surface area is 157 Å². The van der Waals surface area contributed by atoms with Crippen molar-refractivity contribution in [2.45, 2.75) is 49.6 Å². The molecule has 1 N–H and O–H groups in total. The maximum Gasteiger partial charge on any atom is 0.223 e. The summed E-state index contributed by atoms with van der Waals surface area (Å²) in [6.07, 6.45) is 7.20. The zero-order chi connectivity index (χ0) is 18.7. The molecule has 26 heavy (non-hydrogen) atoms. The SMILES string of the molecule is CC(O)(c1cnc(OC2CC(S(C)(=O)=O)C2)c2cnc(Cl)cc12)C1CC1. The van der Waals surface area contributed by atoms with E-state index in [1.807, 2.05) is 0 Å². The molecule has 6 nitrogen and oxygen atoms in total. The van der Waals surface area contributed by atoms with Gasteiger partial charge in [0.05, 0.1) is 16.2 Å². The summed E-state index contributed by atoms with van der Waals surface area (Å²) in [5.74, 6) is 0.616. The molecule has 0 saturated heterocycles. The second kappa shape index (κ2) is 6.04. The van der Waals surface area contributed by atoms with Gasteiger partial charge in [-0.15, -0.1) is 0 Å². The average Bonchev–Trinajstić information content (AvgIpc) is 3.33. The number of aliphatic hydroxyl groups is 1. The molecule has 4 rings (SSSR count). The molecule has 2 aromatic heterocycles. The highest BCUT2D eigenvalue weighted by Crippen LogP contribution is 2.48. The summed E-state index contributed by atoms with van der Waals surface area (Å²) < 4.78 is 29.1. The Morgan fingerprint density at radius 3 is 2.54 bits per heavy atom. The molecule has 0 aliphatic heterocycles. The van der Waals surface area contributed by atoms with Crippen LogP contribution in [0.3, 0.4) is 0 Å². The highest BCUT2D eigenvalue weighted by molar-refractivity contribution is 7.91. The van der Waals surface area contributed by atoms with E-state index in [-0.39, 0.29) is 17.3 Å². The molecule has 1 atom stereocenters. The molecule has 1 unspecified atom stereocenters. The van der Waals surface area contributed by atoms with Crippen LogP contribution in [0.2, 0.25) is 5.15 Å². The minimum absolute atomic E-state index is 0.184. The topological polar surface area (TPSA) is 89.4 Å². The maximum absolute atomic E-state index is 11.6. The predicted molar refractivity (Wildman–Crippen MR) is 99.1 cm³/mol. The zero-order valence-electron chi connectivity index (χ0n) is 14.6. The lowest BCUT2D eigenvalue weighted by atomic mass is 9.89. The fraction of sp³-hybridized carbons (Fsp3) is 0.556. The largest absolute Gasteiger partial charge is 0.474 e. The fourth-order valence-corrected chi connectivity index (χ4v) is 4.86. The number of halogens is 1. The van der Waals surface area contributed by atoms with Crippen LogP contribution in [-0.2, 0) is 15.4 Å². The Balaban J connectivity index is 1.67. The van der Waals surface area contributed by atoms with E-state index in [2.05, 4.69) is 9.97 Å². The summed E-state index contributed by atoms with van der Waals surface area (Å²) >= 11 is 6.08. The Hall–Kier alpha value is -1.44. The predicted octanol–water partition coefficient (Wildman–Crippen LogP) is 2.86. The summed E-state index contributed by atoms with van der Waals surface area (Å²) in [6.45, 7) is 1.80. The van der Waals surface area contributed by atoms with Gasteiger partial charge in [-0.1, -0.05) is 11.6 Å². The molecule has 2 saturated carbocycles. The van der Waals surface area contributed by atoms with Crippen molar-refractivity contribution in [3.63, 3.8) is 0 Å². The smallest absolute Gasteiger partial charge is 0.223 e. The van der Waals surface area contributed by atoms with E-state index < -0.39 is 15.4 Å². The van der Waals surface area contributed by atoms with Gasteiger partial charge in [-0.05, 0) is 37.1 Å². The molecule has 2 aromatic rings. The minimum Gasteiger partial charge on any atom is -0.474 e. The molecule has 2 aliphatic carbocycles. The van der Waals surface area contributed by atoms with Crippen LogP contribution in [0.25, 0.3) is 10.8 Å². The molecule has 2 heterocycles. The molecular formula is C18H21ClN2O4S. The van der Waals surface area contributed by atoms with Gasteiger partial charge in [-0.3, -0.25) is 0 Å². The second-order valence-corrected chi connectivity index (χ2v) is 10.3. The van der Waals surface area contributed by atoms with E-state index in [0.29, 0.717) is 34.8 Å². The van der Waals surface area contributed by atoms with E-state index in [0.717, 1.165) is 18.2 Å². The van der Waals surface area contributed by atoms with E-state index in [1.54, 1.807) is 25.4 Å². The van der Waals surface area contributed by atoms with Gasteiger partial charge < -0.3 is 9.84 Å². The van der Waals surface area contributed by atoms with Gasteiger partial charge in [0, 0.05) is 37.1 Å². The lowest BCUT2D eigenvalue weighted by Gasteiger charge is -2.34. The van der Waals surface area contributed by atoms with Crippen LogP contribution in [0, 0.1) is 5.92 Å². The summed E-state index contributed by atoms with van der Waals surface area (Å²) in [5, 5.41) is 12.4. The van der Waals surface area contributed by atoms with Crippen molar-refractivity contribution < 1.29 is 18.3 Å². The van der Waals surface area contributed by atoms with Crippen LogP contribution < -0.4 is 4.74 Å². The number of rotatable bonds is 5. The first-order valence-electron chi connectivity index (χ1n) is 8.69. The highest BCUT2D eigenvalue weighted by Gasteiger charge is 2.43. The Bertz CT molecular complexity index is 967. The third kappa shape index (κ3) is 3.17. The first-order chi connectivity index (χ1) is 12.2. The maximum atomic E-state index is 11.6. The molecule has 2 aliphatic rings. The van der Waals surface area contributed by atoms with Crippen LogP contribution in [0.4, 0.5) is 0 Å². The van der Waals surface area contributed by atoms with Crippen LogP contribution in [0.1, 0.15) is 38.2 Å². The Morgan fingerprint density at radius 1 is 1.23 bits per heavy atom. The van der Waals surface area contributed by atoms with Gasteiger partial charge in [-0.25, -0.2) is 18.4 Å². The van der Waals surface area contributed by atoms with Crippen molar-refractivity contribution in [1.82, 2.24) is 9.97 Å². The molecule has 0 amide bonds. The highest BCUT2D eigenvalue weighted by atomic mass is 35.5. The fourth-order valence-electron chi connectivity index (χ4n) is 3.57. The molecule has 0 radical (unpaired) electrons. The third-order valence-electron chi connectivity index (χ3n) is 5.56. The molecule has 140 valence electrons. The molecule has 8 heteroatoms. The van der Waals surface area contributed by atoms with E-state index in [9.17, 15) is 13.5 Å². The molecule has 2 fully saturated rings. The average molecular weight is 397 g/mol. The van der Waals surface area contributed by atoms with Crippen molar-refractivity contribution in [1.29, 1.82) is 0 Å². The lowest BCUT2D eigenvalue weighted by molar-refractivity contribution is 0.0341. The summed E-state index contributed by atoms with van der Waals surface area (Å²) in [7, 11) is -3.03. The van der Waals surface area contributed by atoms with Gasteiger partial charge >= 0.3 is 0 Å². The zero-order valence-corrected chi connectivity index (χ0v) is 16.2. The van der Waals surface area contributed by atoms with Crippen LogP contribution in [0.15, 0.2) is 18.5 Å². The number of nitrogens with zero attached hydrogens (tertiary/aromatic N) is 2. The lowest BCUT2D eigenvalue weighted by Crippen LogP contribution is -2.42. The van der Waals surface area contributed by atoms with Gasteiger partial charge in [0.1, 0.15) is 11.3 Å². The van der Waals surface area contributed by atoms with Crippen molar-refractivity contribution in [2.24, 2.45) is 5.92 Å². The standard InChI is InChI=1S/C18H21ClN2O4S/c1-18(22,10-3-4-10)15-9-21-17(14-8-20-16(19)7-13(14)15)25-11-5-12(6-11)26(2,23)24/h7-12,22H,3-6H2,1-2H3. The number of pyridine rings is 2. The van der Waals surface area contributed by atoms with Crippen LogP contribution >= 0.6 is 11.6 Å². The van der Waals surface area contributed by atoms with Crippen molar-refractivity contribution in [2.75, 3.05) is 6.26 Å². The summed E-state index contributed by atoms with van der Waals surface area (Å²) in [6, 6.07) is 1.72. The first-order valence-corrected chi connectivity index (χ1v) is 11.0. The van der Waals surface area contributed by atoms with E-state index in [1.165, 1.54) is 6.26 Å². The number of sulfone groups is 1. The number of hydrogen-bond acceptors (Lipinski definition) is 6. The number of ether oxygens (including phenoxy) is 1. The Morgan fingerprint density at radius 2 is 1.92 bits per heavy atom. The number of hydrogen-bond donors (Lipinski definition) is 1. The number of fused-ring (bicyclic) bond motifs is 1. The number of aromatic nitrogens is 2. The minimum atomic E-state index is -3.03. The van der Waals surface area contributed by atoms with Crippen LogP contribution in [0.5, 0.6) is 5.88 Å². The second-order valence-electron chi connectivity index (χ2n) is 7.61. The van der Waals surface area contributed by atoms with E-state index >= 15 is 0 Å². The van der Waals surface area contributed by atoms with Gasteiger partial charge in [0.25, 0.3) is 0 Å². The van der Waals surface area contributed by atoms with Crippen molar-refractivity contribution in [3.8, 4) is 5.88 Å². The van der Waals surface area contributed by atoms with Gasteiger partial charge in [-0.2, -0.15) is 0 Å². The van der Waals surface area contributed by atoms with E-state index in [4.69, 9.17) is 16.3 Å². The quantitative estimate of drug-likeness (QED) is 0.781. The summed E-state index contributed by atoms with van der Waals surface area (Å²) in [5.41, 5.74) is -0.263. The van der Waals surface area contributed by atoms with Gasteiger partial charge in [0.15, 0.2) is 9.84 Å². The van der Waals surface area contributed by atoms with Crippen molar-refractivity contribution >= 4 is 32.2 Å². The summed E-state index contributed by atoms with van der Waals surface area (Å²) in [4.78, 5) is 8.53. The normalized spacial score (nSPS) is 25.5. The molecule has 0 spiro atoms. The molecule has 0 bridgehead atoms. The van der Waals surface area contributed by atoms with Crippen LogP contribution in [-0.4, -0.2) is 41.1 Å². The van der Waals surface area contributed by atoms with Gasteiger partial charge in [0.2, 0.25) is 5.88 Å². The van der Waals surface area contributed by atoms with Crippen molar-refractivity contribution in [3.05, 3.63) is 29.2 Å². The third-order valence-corrected chi connectivity index (χ3v) is 7.36. The molecule has 0 aromatic carbocycles. The monoisotopic (exact) mass is 396 g/mol.